The minimum absolute atomic E-state index is 0.114. The Morgan fingerprint density at radius 2 is 1.49 bits per heavy atom. The topological polar surface area (TPSA) is 159 Å². The lowest BCUT2D eigenvalue weighted by atomic mass is 9.49. The van der Waals surface area contributed by atoms with Crippen molar-refractivity contribution in [3.8, 4) is 11.8 Å². The fourth-order valence-corrected chi connectivity index (χ4v) is 10.5. The number of nitriles is 1. The number of hydrogen-bond acceptors (Lipinski definition) is 10. The highest BCUT2D eigenvalue weighted by atomic mass is 35.5. The Balaban J connectivity index is 0.789. The smallest absolute Gasteiger partial charge is 0.262 e. The van der Waals surface area contributed by atoms with Crippen molar-refractivity contribution < 1.29 is 29.0 Å². The number of rotatable bonds is 9. The maximum absolute atomic E-state index is 13.5. The summed E-state index contributed by atoms with van der Waals surface area (Å²) in [7, 11) is 0. The van der Waals surface area contributed by atoms with E-state index in [0.29, 0.717) is 38.9 Å². The van der Waals surface area contributed by atoms with Gasteiger partial charge in [0.15, 0.2) is 0 Å². The number of amides is 4. The standard InChI is InChI=1S/C45H52ClN7O6/c1-44(2)42(45(3,4)43(44)59-32-11-7-29(25-47)35(46)24-32)49-38(55)28-5-8-30(9-6-28)52-21-19-50(20-22-52)26-27-15-17-51(18-16-27)31-10-12-33-34(23-31)41(58)53(40(33)57)36-13-14-37(54)48-39(36)56/h5-12,23-24,27,36-37,42-43,54H,13-22,26H2,1-4H3,(H,48,56)(H,49,55). The number of piperazine rings is 1. The van der Waals surface area contributed by atoms with Gasteiger partial charge >= 0.3 is 0 Å². The van der Waals surface area contributed by atoms with Crippen LogP contribution in [0.3, 0.4) is 0 Å². The molecule has 4 fully saturated rings. The van der Waals surface area contributed by atoms with Gasteiger partial charge in [-0.1, -0.05) is 39.3 Å². The number of hydrogen-bond donors (Lipinski definition) is 3. The van der Waals surface area contributed by atoms with E-state index in [1.165, 1.54) is 0 Å². The van der Waals surface area contributed by atoms with Crippen LogP contribution in [0.15, 0.2) is 60.7 Å². The summed E-state index contributed by atoms with van der Waals surface area (Å²) in [6.07, 6.45) is 1.44. The number of ether oxygens (including phenoxy) is 1. The molecule has 2 atom stereocenters. The normalized spacial score (nSPS) is 25.5. The first kappa shape index (κ1) is 40.6. The van der Waals surface area contributed by atoms with Gasteiger partial charge in [-0.15, -0.1) is 0 Å². The van der Waals surface area contributed by atoms with E-state index >= 15 is 0 Å². The number of fused-ring (bicyclic) bond motifs is 1. The fraction of sp³-hybridized carbons (Fsp3) is 0.489. The van der Waals surface area contributed by atoms with Crippen molar-refractivity contribution in [1.82, 2.24) is 20.4 Å². The second kappa shape index (κ2) is 15.8. The van der Waals surface area contributed by atoms with Gasteiger partial charge in [0.2, 0.25) is 5.91 Å². The van der Waals surface area contributed by atoms with Gasteiger partial charge in [0, 0.05) is 85.7 Å². The van der Waals surface area contributed by atoms with Crippen LogP contribution in [0.1, 0.15) is 90.0 Å². The van der Waals surface area contributed by atoms with E-state index in [-0.39, 0.29) is 41.7 Å². The van der Waals surface area contributed by atoms with Gasteiger partial charge < -0.3 is 30.3 Å². The van der Waals surface area contributed by atoms with Crippen LogP contribution in [0.5, 0.6) is 5.75 Å². The Morgan fingerprint density at radius 1 is 0.847 bits per heavy atom. The van der Waals surface area contributed by atoms with Crippen LogP contribution >= 0.6 is 11.6 Å². The van der Waals surface area contributed by atoms with Crippen LogP contribution in [0, 0.1) is 28.1 Å². The minimum atomic E-state index is -0.957. The number of carbonyl (C=O) groups excluding carboxylic acids is 4. The average molecular weight is 822 g/mol. The van der Waals surface area contributed by atoms with Gasteiger partial charge in [-0.3, -0.25) is 29.0 Å². The highest BCUT2D eigenvalue weighted by Crippen LogP contribution is 2.55. The molecule has 0 radical (unpaired) electrons. The summed E-state index contributed by atoms with van der Waals surface area (Å²) in [5, 5.41) is 25.0. The highest BCUT2D eigenvalue weighted by Gasteiger charge is 2.64. The first-order valence-electron chi connectivity index (χ1n) is 20.7. The lowest BCUT2D eigenvalue weighted by Crippen LogP contribution is -2.74. The Kier molecular flexibility index (Phi) is 10.9. The molecular formula is C45H52ClN7O6. The maximum atomic E-state index is 13.5. The van der Waals surface area contributed by atoms with Crippen molar-refractivity contribution >= 4 is 46.6 Å². The van der Waals surface area contributed by atoms with Crippen molar-refractivity contribution in [2.75, 3.05) is 55.6 Å². The van der Waals surface area contributed by atoms with E-state index in [2.05, 4.69) is 59.1 Å². The molecule has 0 bridgehead atoms. The van der Waals surface area contributed by atoms with Crippen LogP contribution in [0.25, 0.3) is 0 Å². The van der Waals surface area contributed by atoms with Crippen molar-refractivity contribution in [3.05, 3.63) is 87.9 Å². The van der Waals surface area contributed by atoms with Crippen LogP contribution < -0.4 is 25.2 Å². The molecular weight excluding hydrogens is 770 g/mol. The van der Waals surface area contributed by atoms with Crippen LogP contribution in [0.2, 0.25) is 5.02 Å². The molecule has 3 N–H and O–H groups in total. The fourth-order valence-electron chi connectivity index (χ4n) is 10.3. The number of halogens is 1. The number of carbonyl (C=O) groups is 4. The Labute approximate surface area is 350 Å². The lowest BCUT2D eigenvalue weighted by molar-refractivity contribution is -0.164. The molecule has 4 heterocycles. The molecule has 59 heavy (non-hydrogen) atoms. The van der Waals surface area contributed by atoms with Crippen molar-refractivity contribution in [2.24, 2.45) is 16.7 Å². The predicted octanol–water partition coefficient (Wildman–Crippen LogP) is 5.06. The molecule has 5 aliphatic rings. The Hall–Kier alpha value is -5.16. The molecule has 0 aromatic heterocycles. The van der Waals surface area contributed by atoms with Crippen LogP contribution in [0.4, 0.5) is 11.4 Å². The van der Waals surface area contributed by atoms with Crippen LogP contribution in [-0.2, 0) is 4.79 Å². The third-order valence-corrected chi connectivity index (χ3v) is 13.6. The zero-order valence-electron chi connectivity index (χ0n) is 34.0. The van der Waals surface area contributed by atoms with E-state index in [0.717, 1.165) is 74.9 Å². The van der Waals surface area contributed by atoms with E-state index in [1.807, 2.05) is 30.3 Å². The molecule has 0 spiro atoms. The molecule has 13 nitrogen and oxygen atoms in total. The van der Waals surface area contributed by atoms with E-state index < -0.39 is 30.0 Å². The third-order valence-electron chi connectivity index (χ3n) is 13.3. The maximum Gasteiger partial charge on any atom is 0.262 e. The number of aliphatic hydroxyl groups excluding tert-OH is 1. The summed E-state index contributed by atoms with van der Waals surface area (Å²) in [6, 6.07) is 19.4. The van der Waals surface area contributed by atoms with Gasteiger partial charge in [0.1, 0.15) is 30.2 Å². The second-order valence-corrected chi connectivity index (χ2v) is 18.3. The molecule has 3 aromatic rings. The van der Waals surface area contributed by atoms with Gasteiger partial charge in [-0.05, 0) is 86.2 Å². The van der Waals surface area contributed by atoms with E-state index in [9.17, 15) is 29.5 Å². The second-order valence-electron chi connectivity index (χ2n) is 17.9. The van der Waals surface area contributed by atoms with Gasteiger partial charge in [-0.2, -0.15) is 5.26 Å². The Morgan fingerprint density at radius 3 is 2.14 bits per heavy atom. The summed E-state index contributed by atoms with van der Waals surface area (Å²) >= 11 is 6.25. The molecule has 3 saturated heterocycles. The van der Waals surface area contributed by atoms with Gasteiger partial charge in [0.05, 0.1) is 21.7 Å². The molecule has 310 valence electrons. The zero-order valence-corrected chi connectivity index (χ0v) is 34.8. The lowest BCUT2D eigenvalue weighted by Gasteiger charge is -2.63. The van der Waals surface area contributed by atoms with Crippen molar-refractivity contribution in [3.63, 3.8) is 0 Å². The Bertz CT molecular complexity index is 2170. The number of piperidine rings is 2. The average Bonchev–Trinajstić information content (AvgIpc) is 3.47. The van der Waals surface area contributed by atoms with Crippen molar-refractivity contribution in [1.29, 1.82) is 5.26 Å². The molecule has 3 aromatic carbocycles. The summed E-state index contributed by atoms with van der Waals surface area (Å²) < 4.78 is 6.38. The number of nitrogens with zero attached hydrogens (tertiary/aromatic N) is 5. The van der Waals surface area contributed by atoms with Crippen molar-refractivity contribution in [2.45, 2.75) is 77.8 Å². The van der Waals surface area contributed by atoms with Gasteiger partial charge in [0.25, 0.3) is 17.7 Å². The van der Waals surface area contributed by atoms with E-state index in [4.69, 9.17) is 16.3 Å². The largest absolute Gasteiger partial charge is 0.489 e. The van der Waals surface area contributed by atoms with E-state index in [1.54, 1.807) is 30.3 Å². The number of imide groups is 1. The quantitative estimate of drug-likeness (QED) is 0.250. The molecule has 1 saturated carbocycles. The SMILES string of the molecule is CC1(C)C(NC(=O)c2ccc(N3CCN(CC4CCN(c5ccc6c(c5)C(=O)N(C5CCC(O)NC5=O)C6=O)CC4)CC3)cc2)C(C)(C)C1Oc1ccc(C#N)c(Cl)c1. The number of aliphatic hydroxyl groups is 1. The summed E-state index contributed by atoms with van der Waals surface area (Å²) in [5.74, 6) is -0.374. The first-order chi connectivity index (χ1) is 28.1. The summed E-state index contributed by atoms with van der Waals surface area (Å²) in [4.78, 5) is 60.8. The highest BCUT2D eigenvalue weighted by molar-refractivity contribution is 6.31. The molecule has 4 amide bonds. The molecule has 8 rings (SSSR count). The van der Waals surface area contributed by atoms with Crippen LogP contribution in [-0.4, -0.2) is 109 Å². The zero-order chi connectivity index (χ0) is 41.8. The first-order valence-corrected chi connectivity index (χ1v) is 21.0. The van der Waals surface area contributed by atoms with Gasteiger partial charge in [-0.25, -0.2) is 0 Å². The minimum Gasteiger partial charge on any atom is -0.489 e. The number of benzene rings is 3. The number of nitrogens with one attached hydrogen (secondary N) is 2. The molecule has 1 aliphatic carbocycles. The molecule has 4 aliphatic heterocycles. The summed E-state index contributed by atoms with van der Waals surface area (Å²) in [6.45, 7) is 14.9. The molecule has 2 unspecified atom stereocenters. The predicted molar refractivity (Wildman–Crippen MR) is 224 cm³/mol. The number of anilines is 2. The molecule has 14 heteroatoms. The third kappa shape index (κ3) is 7.62. The monoisotopic (exact) mass is 821 g/mol. The summed E-state index contributed by atoms with van der Waals surface area (Å²) in [5.41, 5.74) is 2.98.